The minimum atomic E-state index is -4.63. The van der Waals surface area contributed by atoms with Crippen LogP contribution < -0.4 is 15.4 Å². The number of carbonyl (C=O) groups is 1. The van der Waals surface area contributed by atoms with Crippen LogP contribution in [0.5, 0.6) is 11.5 Å². The van der Waals surface area contributed by atoms with Crippen molar-refractivity contribution >= 4 is 28.2 Å². The predicted octanol–water partition coefficient (Wildman–Crippen LogP) is 5.74. The normalized spacial score (nSPS) is 11.1. The molecule has 5 nitrogen and oxygen atoms in total. The lowest BCUT2D eigenvalue weighted by Crippen LogP contribution is -2.19. The first-order valence-electron chi connectivity index (χ1n) is 7.44. The fraction of sp³-hybridized carbons (Fsp3) is 0.0588. The molecule has 1 aromatic heterocycles. The number of amides is 2. The number of thiazole rings is 1. The van der Waals surface area contributed by atoms with E-state index in [1.807, 2.05) is 0 Å². The molecule has 2 amide bonds. The molecule has 2 N–H and O–H groups in total. The summed E-state index contributed by atoms with van der Waals surface area (Å²) in [4.78, 5) is 15.9. The summed E-state index contributed by atoms with van der Waals surface area (Å²) >= 11 is 1.16. The summed E-state index contributed by atoms with van der Waals surface area (Å²) in [7, 11) is 0. The Morgan fingerprint density at radius 3 is 2.56 bits per heavy atom. The molecule has 1 heterocycles. The largest absolute Gasteiger partial charge is 0.455 e. The molecule has 0 aliphatic rings. The van der Waals surface area contributed by atoms with Gasteiger partial charge in [-0.2, -0.15) is 13.2 Å². The van der Waals surface area contributed by atoms with Crippen molar-refractivity contribution in [3.05, 3.63) is 65.4 Å². The van der Waals surface area contributed by atoms with Gasteiger partial charge in [0.15, 0.2) is 10.9 Å². The first kappa shape index (κ1) is 18.6. The number of anilines is 2. The Bertz CT molecular complexity index is 946. The zero-order valence-electron chi connectivity index (χ0n) is 13.4. The number of alkyl halides is 3. The van der Waals surface area contributed by atoms with E-state index < -0.39 is 29.3 Å². The summed E-state index contributed by atoms with van der Waals surface area (Å²) in [6, 6.07) is 6.91. The van der Waals surface area contributed by atoms with Gasteiger partial charge in [-0.05, 0) is 24.3 Å². The molecule has 0 aliphatic carbocycles. The zero-order valence-corrected chi connectivity index (χ0v) is 14.2. The summed E-state index contributed by atoms with van der Waals surface area (Å²) in [6.07, 6.45) is -3.16. The number of halogens is 4. The van der Waals surface area contributed by atoms with Crippen molar-refractivity contribution < 1.29 is 27.1 Å². The van der Waals surface area contributed by atoms with Gasteiger partial charge in [-0.15, -0.1) is 11.3 Å². The van der Waals surface area contributed by atoms with Gasteiger partial charge >= 0.3 is 12.2 Å². The number of carbonyl (C=O) groups excluding carboxylic acids is 1. The van der Waals surface area contributed by atoms with E-state index in [1.54, 1.807) is 5.38 Å². The molecule has 0 unspecified atom stereocenters. The van der Waals surface area contributed by atoms with Crippen molar-refractivity contribution in [2.75, 3.05) is 10.6 Å². The maximum atomic E-state index is 13.6. The van der Waals surface area contributed by atoms with Crippen LogP contribution in [0.4, 0.5) is 33.2 Å². The second kappa shape index (κ2) is 7.62. The molecule has 0 spiro atoms. The Hall–Kier alpha value is -3.14. The van der Waals surface area contributed by atoms with Gasteiger partial charge in [0, 0.05) is 17.6 Å². The number of nitrogens with zero attached hydrogens (tertiary/aromatic N) is 1. The predicted molar refractivity (Wildman–Crippen MR) is 92.7 cm³/mol. The molecular formula is C17H11F4N3O2S. The molecule has 3 rings (SSSR count). The number of nitrogens with one attached hydrogen (secondary N) is 2. The standard InChI is InChI=1S/C17H11F4N3O2S/c18-10-5-6-14(26-13-4-2-1-3-11(13)17(19,20)21)12(9-10)23-15(25)24-16-22-7-8-27-16/h1-9H,(H2,22,23,24,25). The molecule has 140 valence electrons. The van der Waals surface area contributed by atoms with Crippen molar-refractivity contribution in [2.24, 2.45) is 0 Å². The summed E-state index contributed by atoms with van der Waals surface area (Å²) in [6.45, 7) is 0. The van der Waals surface area contributed by atoms with E-state index in [2.05, 4.69) is 15.6 Å². The Balaban J connectivity index is 1.86. The van der Waals surface area contributed by atoms with Gasteiger partial charge < -0.3 is 10.1 Å². The van der Waals surface area contributed by atoms with Crippen LogP contribution in [-0.2, 0) is 6.18 Å². The van der Waals surface area contributed by atoms with E-state index in [0.29, 0.717) is 5.13 Å². The third kappa shape index (κ3) is 4.73. The van der Waals surface area contributed by atoms with E-state index in [1.165, 1.54) is 18.3 Å². The van der Waals surface area contributed by atoms with E-state index in [-0.39, 0.29) is 11.4 Å². The van der Waals surface area contributed by atoms with Crippen molar-refractivity contribution in [2.45, 2.75) is 6.18 Å². The van der Waals surface area contributed by atoms with Crippen LogP contribution in [0.25, 0.3) is 0 Å². The summed E-state index contributed by atoms with van der Waals surface area (Å²) < 4.78 is 58.2. The molecule has 3 aromatic rings. The lowest BCUT2D eigenvalue weighted by atomic mass is 10.2. The third-order valence-corrected chi connectivity index (χ3v) is 3.94. The lowest BCUT2D eigenvalue weighted by molar-refractivity contribution is -0.138. The lowest BCUT2D eigenvalue weighted by Gasteiger charge is -2.16. The number of hydrogen-bond acceptors (Lipinski definition) is 4. The van der Waals surface area contributed by atoms with Crippen LogP contribution in [0.3, 0.4) is 0 Å². The van der Waals surface area contributed by atoms with E-state index >= 15 is 0 Å². The van der Waals surface area contributed by atoms with Crippen LogP contribution in [0.2, 0.25) is 0 Å². The Morgan fingerprint density at radius 1 is 1.07 bits per heavy atom. The third-order valence-electron chi connectivity index (χ3n) is 3.25. The first-order chi connectivity index (χ1) is 12.8. The minimum Gasteiger partial charge on any atom is -0.455 e. The zero-order chi connectivity index (χ0) is 19.4. The SMILES string of the molecule is O=C(Nc1nccs1)Nc1cc(F)ccc1Oc1ccccc1C(F)(F)F. The summed E-state index contributed by atoms with van der Waals surface area (Å²) in [5.74, 6) is -1.32. The summed E-state index contributed by atoms with van der Waals surface area (Å²) in [5.41, 5.74) is -1.13. The van der Waals surface area contributed by atoms with Gasteiger partial charge in [-0.3, -0.25) is 5.32 Å². The maximum absolute atomic E-state index is 13.6. The monoisotopic (exact) mass is 397 g/mol. The van der Waals surface area contributed by atoms with Gasteiger partial charge in [0.25, 0.3) is 0 Å². The fourth-order valence-electron chi connectivity index (χ4n) is 2.13. The number of ether oxygens (including phenoxy) is 1. The number of rotatable bonds is 4. The van der Waals surface area contributed by atoms with Crippen molar-refractivity contribution in [3.63, 3.8) is 0 Å². The highest BCUT2D eigenvalue weighted by atomic mass is 32.1. The highest BCUT2D eigenvalue weighted by Crippen LogP contribution is 2.39. The van der Waals surface area contributed by atoms with Crippen LogP contribution in [-0.4, -0.2) is 11.0 Å². The van der Waals surface area contributed by atoms with Crippen LogP contribution in [0.15, 0.2) is 54.0 Å². The van der Waals surface area contributed by atoms with E-state index in [4.69, 9.17) is 4.74 Å². The van der Waals surface area contributed by atoms with Gasteiger partial charge in [0.1, 0.15) is 11.6 Å². The average molecular weight is 397 g/mol. The van der Waals surface area contributed by atoms with Gasteiger partial charge in [0.2, 0.25) is 0 Å². The molecule has 0 saturated carbocycles. The van der Waals surface area contributed by atoms with Gasteiger partial charge in [-0.1, -0.05) is 12.1 Å². The Kier molecular flexibility index (Phi) is 5.26. The molecule has 0 bridgehead atoms. The van der Waals surface area contributed by atoms with Crippen molar-refractivity contribution in [1.82, 2.24) is 4.98 Å². The Labute approximate surface area is 154 Å². The number of urea groups is 1. The maximum Gasteiger partial charge on any atom is 0.419 e. The summed E-state index contributed by atoms with van der Waals surface area (Å²) in [5, 5.41) is 6.69. The second-order valence-electron chi connectivity index (χ2n) is 5.15. The number of hydrogen-bond donors (Lipinski definition) is 2. The smallest absolute Gasteiger partial charge is 0.419 e. The van der Waals surface area contributed by atoms with E-state index in [0.717, 1.165) is 41.7 Å². The van der Waals surface area contributed by atoms with Crippen molar-refractivity contribution in [3.8, 4) is 11.5 Å². The van der Waals surface area contributed by atoms with Crippen LogP contribution >= 0.6 is 11.3 Å². The Morgan fingerprint density at radius 2 is 1.85 bits per heavy atom. The second-order valence-corrected chi connectivity index (χ2v) is 6.05. The molecule has 27 heavy (non-hydrogen) atoms. The topological polar surface area (TPSA) is 63.2 Å². The molecule has 10 heteroatoms. The molecule has 0 fully saturated rings. The quantitative estimate of drug-likeness (QED) is 0.552. The molecule has 0 saturated heterocycles. The van der Waals surface area contributed by atoms with Crippen LogP contribution in [0, 0.1) is 5.82 Å². The highest BCUT2D eigenvalue weighted by molar-refractivity contribution is 7.13. The first-order valence-corrected chi connectivity index (χ1v) is 8.32. The molecule has 0 aliphatic heterocycles. The average Bonchev–Trinajstić information content (AvgIpc) is 3.09. The number of benzene rings is 2. The molecule has 0 radical (unpaired) electrons. The molecular weight excluding hydrogens is 386 g/mol. The van der Waals surface area contributed by atoms with E-state index in [9.17, 15) is 22.4 Å². The highest BCUT2D eigenvalue weighted by Gasteiger charge is 2.34. The fourth-order valence-corrected chi connectivity index (χ4v) is 2.66. The number of para-hydroxylation sites is 1. The number of aromatic nitrogens is 1. The van der Waals surface area contributed by atoms with Gasteiger partial charge in [-0.25, -0.2) is 14.2 Å². The minimum absolute atomic E-state index is 0.138. The van der Waals surface area contributed by atoms with Gasteiger partial charge in [0.05, 0.1) is 11.3 Å². The molecule has 2 aromatic carbocycles. The molecule has 0 atom stereocenters. The van der Waals surface area contributed by atoms with Crippen molar-refractivity contribution in [1.29, 1.82) is 0 Å². The van der Waals surface area contributed by atoms with Crippen LogP contribution in [0.1, 0.15) is 5.56 Å².